The first-order valence-electron chi connectivity index (χ1n) is 8.70. The molecule has 0 N–H and O–H groups in total. The molecule has 1 aliphatic carbocycles. The third-order valence-electron chi connectivity index (χ3n) is 4.38. The quantitative estimate of drug-likeness (QED) is 0.565. The fraction of sp³-hybridized carbons (Fsp3) is 0.765. The summed E-state index contributed by atoms with van der Waals surface area (Å²) in [5.74, 6) is -0.187. The number of hydrogen-bond donors (Lipinski definition) is 0. The van der Waals surface area contributed by atoms with Crippen molar-refractivity contribution in [3.8, 4) is 0 Å². The summed E-state index contributed by atoms with van der Waals surface area (Å²) in [6, 6.07) is 0. The van der Waals surface area contributed by atoms with Crippen molar-refractivity contribution in [1.29, 1.82) is 0 Å². The molecule has 0 bridgehead atoms. The second-order valence-electron chi connectivity index (χ2n) is 9.20. The average molecular weight is 370 g/mol. The van der Waals surface area contributed by atoms with Crippen molar-refractivity contribution in [3.63, 3.8) is 0 Å². The summed E-state index contributed by atoms with van der Waals surface area (Å²) in [5.41, 5.74) is -0.901. The second kappa shape index (κ2) is 6.19. The van der Waals surface area contributed by atoms with Gasteiger partial charge in [-0.1, -0.05) is 20.8 Å². The molecule has 3 atom stereocenters. The van der Waals surface area contributed by atoms with Gasteiger partial charge in [-0.2, -0.15) is 0 Å². The van der Waals surface area contributed by atoms with Crippen LogP contribution >= 0.6 is 0 Å². The Hall–Kier alpha value is -0.766. The van der Waals surface area contributed by atoms with Gasteiger partial charge in [0, 0.05) is 6.42 Å². The molecule has 0 radical (unpaired) electrons. The summed E-state index contributed by atoms with van der Waals surface area (Å²) in [6.07, 6.45) is 3.45. The molecule has 136 valence electrons. The lowest BCUT2D eigenvalue weighted by Gasteiger charge is -2.63. The van der Waals surface area contributed by atoms with E-state index in [1.165, 1.54) is 5.06 Å². The van der Waals surface area contributed by atoms with Gasteiger partial charge in [0.05, 0.1) is 12.0 Å². The summed E-state index contributed by atoms with van der Waals surface area (Å²) in [6.45, 7) is 16.6. The Balaban J connectivity index is 2.52. The molecule has 1 aliphatic heterocycles. The standard InChI is InChI=1S/C17H31NO4Si2/c1-16(2,3)14-15(20)18(22-23(4)5)17(14)10-9-12(19)11-13(17)21-24(6,7)8/h9-10,13-14,23H,11H2,1-8H3. The van der Waals surface area contributed by atoms with E-state index >= 15 is 0 Å². The predicted octanol–water partition coefficient (Wildman–Crippen LogP) is 2.89. The van der Waals surface area contributed by atoms with E-state index in [9.17, 15) is 9.59 Å². The molecule has 0 aromatic carbocycles. The zero-order chi connectivity index (χ0) is 18.5. The summed E-state index contributed by atoms with van der Waals surface area (Å²) in [4.78, 5) is 24.9. The van der Waals surface area contributed by atoms with E-state index in [1.807, 2.05) is 19.2 Å². The van der Waals surface area contributed by atoms with E-state index in [0.717, 1.165) is 0 Å². The number of carbonyl (C=O) groups excluding carboxylic acids is 2. The molecule has 7 heteroatoms. The van der Waals surface area contributed by atoms with Crippen molar-refractivity contribution >= 4 is 29.0 Å². The van der Waals surface area contributed by atoms with Crippen LogP contribution in [0.15, 0.2) is 12.2 Å². The van der Waals surface area contributed by atoms with E-state index in [1.54, 1.807) is 6.08 Å². The van der Waals surface area contributed by atoms with Crippen molar-refractivity contribution in [3.05, 3.63) is 12.2 Å². The monoisotopic (exact) mass is 369 g/mol. The van der Waals surface area contributed by atoms with Gasteiger partial charge in [0.1, 0.15) is 5.54 Å². The van der Waals surface area contributed by atoms with E-state index in [0.29, 0.717) is 6.42 Å². The first-order valence-corrected chi connectivity index (χ1v) is 14.9. The number of hydrogen-bond acceptors (Lipinski definition) is 4. The molecule has 24 heavy (non-hydrogen) atoms. The Bertz CT molecular complexity index is 562. The Kier molecular flexibility index (Phi) is 5.05. The van der Waals surface area contributed by atoms with Crippen molar-refractivity contribution < 1.29 is 18.5 Å². The van der Waals surface area contributed by atoms with Gasteiger partial charge < -0.3 is 8.95 Å². The van der Waals surface area contributed by atoms with Gasteiger partial charge >= 0.3 is 0 Å². The van der Waals surface area contributed by atoms with Gasteiger partial charge in [0.25, 0.3) is 5.91 Å². The van der Waals surface area contributed by atoms with Gasteiger partial charge in [-0.05, 0) is 50.3 Å². The van der Waals surface area contributed by atoms with E-state index in [-0.39, 0.29) is 29.1 Å². The van der Waals surface area contributed by atoms with Crippen LogP contribution in [-0.2, 0) is 18.5 Å². The minimum Gasteiger partial charge on any atom is -0.411 e. The largest absolute Gasteiger partial charge is 0.411 e. The van der Waals surface area contributed by atoms with E-state index < -0.39 is 22.9 Å². The molecule has 2 aliphatic rings. The minimum absolute atomic E-state index is 0.00637. The fourth-order valence-electron chi connectivity index (χ4n) is 3.77. The van der Waals surface area contributed by atoms with Crippen molar-refractivity contribution in [1.82, 2.24) is 5.06 Å². The van der Waals surface area contributed by atoms with Crippen molar-refractivity contribution in [2.24, 2.45) is 11.3 Å². The number of amides is 1. The number of rotatable bonds is 4. The zero-order valence-corrected chi connectivity index (χ0v) is 18.3. The lowest BCUT2D eigenvalue weighted by atomic mass is 9.58. The summed E-state index contributed by atoms with van der Waals surface area (Å²) in [7, 11) is -3.36. The van der Waals surface area contributed by atoms with Crippen molar-refractivity contribution in [2.75, 3.05) is 0 Å². The molecule has 1 saturated heterocycles. The third-order valence-corrected chi connectivity index (χ3v) is 6.00. The maximum Gasteiger partial charge on any atom is 0.252 e. The molecule has 2 rings (SSSR count). The molecule has 0 saturated carbocycles. The summed E-state index contributed by atoms with van der Waals surface area (Å²) < 4.78 is 12.4. The van der Waals surface area contributed by atoms with Crippen LogP contribution in [0.2, 0.25) is 32.7 Å². The average Bonchev–Trinajstić information content (AvgIpc) is 2.35. The number of β-lactam (4-membered cyclic amide) rings is 1. The van der Waals surface area contributed by atoms with Crippen LogP contribution in [0, 0.1) is 11.3 Å². The molecular weight excluding hydrogens is 338 g/mol. The second-order valence-corrected chi connectivity index (χ2v) is 16.0. The van der Waals surface area contributed by atoms with Crippen LogP contribution in [-0.4, -0.2) is 45.8 Å². The highest BCUT2D eigenvalue weighted by Crippen LogP contribution is 2.53. The lowest BCUT2D eigenvalue weighted by molar-refractivity contribution is -0.258. The number of allylic oxidation sites excluding steroid dienone is 1. The highest BCUT2D eigenvalue weighted by molar-refractivity contribution is 6.69. The van der Waals surface area contributed by atoms with Crippen LogP contribution in [0.5, 0.6) is 0 Å². The topological polar surface area (TPSA) is 55.8 Å². The van der Waals surface area contributed by atoms with Gasteiger partial charge in [-0.15, -0.1) is 0 Å². The predicted molar refractivity (Wildman–Crippen MR) is 99.5 cm³/mol. The molecule has 1 amide bonds. The van der Waals surface area contributed by atoms with Crippen LogP contribution in [0.25, 0.3) is 0 Å². The number of ketones is 1. The highest BCUT2D eigenvalue weighted by Gasteiger charge is 2.68. The number of hydroxylamine groups is 2. The van der Waals surface area contributed by atoms with Gasteiger partial charge in [-0.3, -0.25) is 9.59 Å². The molecular formula is C17H31NO4Si2. The van der Waals surface area contributed by atoms with Crippen LogP contribution in [0.4, 0.5) is 0 Å². The maximum atomic E-state index is 12.9. The molecule has 3 unspecified atom stereocenters. The number of nitrogens with zero attached hydrogens (tertiary/aromatic N) is 1. The van der Waals surface area contributed by atoms with Gasteiger partial charge in [0.15, 0.2) is 14.1 Å². The van der Waals surface area contributed by atoms with Crippen LogP contribution in [0.1, 0.15) is 27.2 Å². The zero-order valence-electron chi connectivity index (χ0n) is 16.2. The SMILES string of the molecule is C[SiH](C)ON1C(=O)C(C(C)(C)C)C12C=CC(=O)CC2O[Si](C)(C)C. The summed E-state index contributed by atoms with van der Waals surface area (Å²) in [5, 5.41) is 1.54. The first-order chi connectivity index (χ1) is 10.8. The van der Waals surface area contributed by atoms with E-state index in [2.05, 4.69) is 40.4 Å². The Morgan fingerprint density at radius 2 is 1.83 bits per heavy atom. The van der Waals surface area contributed by atoms with Gasteiger partial charge in [-0.25, -0.2) is 5.06 Å². The first kappa shape index (κ1) is 19.6. The van der Waals surface area contributed by atoms with E-state index in [4.69, 9.17) is 8.95 Å². The van der Waals surface area contributed by atoms with Crippen LogP contribution < -0.4 is 0 Å². The fourth-order valence-corrected chi connectivity index (χ4v) is 5.60. The summed E-state index contributed by atoms with van der Waals surface area (Å²) >= 11 is 0. The smallest absolute Gasteiger partial charge is 0.252 e. The van der Waals surface area contributed by atoms with Gasteiger partial charge in [0.2, 0.25) is 9.04 Å². The molecule has 0 aromatic heterocycles. The Labute approximate surface area is 148 Å². The molecule has 5 nitrogen and oxygen atoms in total. The Morgan fingerprint density at radius 3 is 2.29 bits per heavy atom. The maximum absolute atomic E-state index is 12.9. The van der Waals surface area contributed by atoms with Crippen molar-refractivity contribution in [2.45, 2.75) is 71.6 Å². The molecule has 1 spiro atoms. The highest BCUT2D eigenvalue weighted by atomic mass is 28.4. The normalized spacial score (nSPS) is 31.1. The minimum atomic E-state index is -1.89. The molecule has 1 heterocycles. The molecule has 1 fully saturated rings. The van der Waals surface area contributed by atoms with Crippen LogP contribution in [0.3, 0.4) is 0 Å². The number of carbonyl (C=O) groups is 2. The lowest BCUT2D eigenvalue weighted by Crippen LogP contribution is -2.79. The molecule has 0 aromatic rings. The third kappa shape index (κ3) is 3.44. The Morgan fingerprint density at radius 1 is 1.25 bits per heavy atom.